The molecule has 1 heterocycles. The van der Waals surface area contributed by atoms with Crippen molar-refractivity contribution in [2.75, 3.05) is 0 Å². The van der Waals surface area contributed by atoms with E-state index < -0.39 is 0 Å². The molecule has 2 N–H and O–H groups in total. The van der Waals surface area contributed by atoms with E-state index in [0.29, 0.717) is 10.9 Å². The van der Waals surface area contributed by atoms with Crippen LogP contribution in [0.5, 0.6) is 5.75 Å². The number of benzene rings is 2. The highest BCUT2D eigenvalue weighted by molar-refractivity contribution is 9.10. The number of aryl methyl sites for hydroxylation is 1. The molecule has 4 heteroatoms. The summed E-state index contributed by atoms with van der Waals surface area (Å²) in [5, 5.41) is 0. The number of ether oxygens (including phenoxy) is 1. The Morgan fingerprint density at radius 1 is 1.20 bits per heavy atom. The monoisotopic (exact) mass is 335 g/mol. The Bertz CT molecular complexity index is 659. The molecule has 20 heavy (non-hydrogen) atoms. The zero-order chi connectivity index (χ0) is 14.3. The molecule has 0 aliphatic carbocycles. The summed E-state index contributed by atoms with van der Waals surface area (Å²) < 4.78 is 19.9. The summed E-state index contributed by atoms with van der Waals surface area (Å²) in [5.41, 5.74) is 9.39. The van der Waals surface area contributed by atoms with E-state index in [1.165, 1.54) is 17.7 Å². The first-order valence-corrected chi connectivity index (χ1v) is 7.31. The number of hydrogen-bond acceptors (Lipinski definition) is 2. The minimum atomic E-state index is -0.267. The van der Waals surface area contributed by atoms with E-state index >= 15 is 0 Å². The lowest BCUT2D eigenvalue weighted by Gasteiger charge is -2.31. The molecular weight excluding hydrogens is 321 g/mol. The van der Waals surface area contributed by atoms with Gasteiger partial charge in [-0.3, -0.25) is 0 Å². The van der Waals surface area contributed by atoms with Crippen molar-refractivity contribution in [2.24, 2.45) is 5.73 Å². The largest absolute Gasteiger partial charge is 0.485 e. The molecule has 1 aliphatic heterocycles. The molecule has 2 atom stereocenters. The van der Waals surface area contributed by atoms with Crippen LogP contribution in [0, 0.1) is 12.7 Å². The zero-order valence-electron chi connectivity index (χ0n) is 11.1. The molecule has 0 aromatic heterocycles. The molecular formula is C16H15BrFNO. The van der Waals surface area contributed by atoms with Gasteiger partial charge in [0, 0.05) is 28.1 Å². The number of nitrogens with two attached hydrogens (primary N) is 1. The Morgan fingerprint density at radius 2 is 2.00 bits per heavy atom. The predicted molar refractivity (Wildman–Crippen MR) is 80.2 cm³/mol. The Labute approximate surface area is 125 Å². The van der Waals surface area contributed by atoms with E-state index in [9.17, 15) is 4.39 Å². The summed E-state index contributed by atoms with van der Waals surface area (Å²) in [7, 11) is 0. The average molecular weight is 336 g/mol. The highest BCUT2D eigenvalue weighted by Crippen LogP contribution is 2.41. The molecule has 3 rings (SSSR count). The van der Waals surface area contributed by atoms with Gasteiger partial charge in [-0.2, -0.15) is 0 Å². The summed E-state index contributed by atoms with van der Waals surface area (Å²) in [6.45, 7) is 2.04. The van der Waals surface area contributed by atoms with Gasteiger partial charge in [0.05, 0.1) is 0 Å². The topological polar surface area (TPSA) is 35.2 Å². The van der Waals surface area contributed by atoms with Gasteiger partial charge in [-0.25, -0.2) is 4.39 Å². The van der Waals surface area contributed by atoms with E-state index in [-0.39, 0.29) is 18.0 Å². The van der Waals surface area contributed by atoms with Crippen molar-refractivity contribution in [3.63, 3.8) is 0 Å². The van der Waals surface area contributed by atoms with E-state index in [2.05, 4.69) is 22.0 Å². The molecule has 1 unspecified atom stereocenters. The Hall–Kier alpha value is -1.39. The first-order valence-electron chi connectivity index (χ1n) is 6.52. The average Bonchev–Trinajstić information content (AvgIpc) is 2.39. The molecule has 2 aromatic rings. The van der Waals surface area contributed by atoms with Crippen LogP contribution < -0.4 is 10.5 Å². The number of rotatable bonds is 1. The molecule has 2 nitrogen and oxygen atoms in total. The maximum absolute atomic E-state index is 13.2. The van der Waals surface area contributed by atoms with Gasteiger partial charge in [0.25, 0.3) is 0 Å². The summed E-state index contributed by atoms with van der Waals surface area (Å²) in [5.74, 6) is 0.548. The lowest BCUT2D eigenvalue weighted by molar-refractivity contribution is 0.160. The molecule has 0 spiro atoms. The second-order valence-corrected chi connectivity index (χ2v) is 6.01. The van der Waals surface area contributed by atoms with Gasteiger partial charge in [0.2, 0.25) is 0 Å². The summed E-state index contributed by atoms with van der Waals surface area (Å²) in [6, 6.07) is 10.6. The van der Waals surface area contributed by atoms with Gasteiger partial charge in [-0.05, 0) is 25.1 Å². The van der Waals surface area contributed by atoms with Gasteiger partial charge >= 0.3 is 0 Å². The standard InChI is InChI=1S/C16H15BrFNO/c1-9-2-5-15-12(6-9)14(19)8-16(20-15)11-4-3-10(18)7-13(11)17/h2-7,14,16H,8,19H2,1H3/t14-,16?/m1/s1. The molecule has 0 amide bonds. The molecule has 2 aromatic carbocycles. The van der Waals surface area contributed by atoms with Gasteiger partial charge < -0.3 is 10.5 Å². The third-order valence-corrected chi connectivity index (χ3v) is 4.30. The Kier molecular flexibility index (Phi) is 3.52. The maximum atomic E-state index is 13.2. The highest BCUT2D eigenvalue weighted by atomic mass is 79.9. The molecule has 0 saturated heterocycles. The minimum absolute atomic E-state index is 0.0689. The van der Waals surface area contributed by atoms with E-state index in [4.69, 9.17) is 10.5 Å². The number of fused-ring (bicyclic) bond motifs is 1. The number of hydrogen-bond donors (Lipinski definition) is 1. The van der Waals surface area contributed by atoms with Crippen molar-refractivity contribution in [1.82, 2.24) is 0 Å². The third-order valence-electron chi connectivity index (χ3n) is 3.61. The van der Waals surface area contributed by atoms with Crippen molar-refractivity contribution in [3.8, 4) is 5.75 Å². The second-order valence-electron chi connectivity index (χ2n) is 5.16. The molecule has 0 bridgehead atoms. The summed E-state index contributed by atoms with van der Waals surface area (Å²) in [4.78, 5) is 0. The van der Waals surface area contributed by atoms with Crippen molar-refractivity contribution < 1.29 is 9.13 Å². The van der Waals surface area contributed by atoms with E-state index in [1.54, 1.807) is 6.07 Å². The van der Waals surface area contributed by atoms with Crippen LogP contribution in [-0.4, -0.2) is 0 Å². The summed E-state index contributed by atoms with van der Waals surface area (Å²) in [6.07, 6.45) is 0.524. The van der Waals surface area contributed by atoms with Crippen molar-refractivity contribution in [1.29, 1.82) is 0 Å². The first kappa shape index (κ1) is 13.6. The summed E-state index contributed by atoms with van der Waals surface area (Å²) >= 11 is 3.39. The van der Waals surface area contributed by atoms with Gasteiger partial charge in [0.15, 0.2) is 0 Å². The zero-order valence-corrected chi connectivity index (χ0v) is 12.7. The molecule has 1 aliphatic rings. The van der Waals surface area contributed by atoms with E-state index in [1.807, 2.05) is 19.1 Å². The third kappa shape index (κ3) is 2.45. The van der Waals surface area contributed by atoms with Crippen LogP contribution in [0.15, 0.2) is 40.9 Å². The highest BCUT2D eigenvalue weighted by Gasteiger charge is 2.28. The van der Waals surface area contributed by atoms with Crippen molar-refractivity contribution in [3.05, 3.63) is 63.4 Å². The fourth-order valence-corrected chi connectivity index (χ4v) is 3.18. The predicted octanol–water partition coefficient (Wildman–Crippen LogP) is 4.42. The van der Waals surface area contributed by atoms with Gasteiger partial charge in [0.1, 0.15) is 17.7 Å². The molecule has 104 valence electrons. The fourth-order valence-electron chi connectivity index (χ4n) is 2.58. The fraction of sp³-hybridized carbons (Fsp3) is 0.250. The van der Waals surface area contributed by atoms with Crippen molar-refractivity contribution in [2.45, 2.75) is 25.5 Å². The lowest BCUT2D eigenvalue weighted by atomic mass is 9.92. The van der Waals surface area contributed by atoms with Crippen LogP contribution in [0.25, 0.3) is 0 Å². The van der Waals surface area contributed by atoms with Crippen LogP contribution in [-0.2, 0) is 0 Å². The van der Waals surface area contributed by atoms with Crippen LogP contribution >= 0.6 is 15.9 Å². The van der Waals surface area contributed by atoms with Gasteiger partial charge in [-0.15, -0.1) is 0 Å². The lowest BCUT2D eigenvalue weighted by Crippen LogP contribution is -2.24. The second kappa shape index (κ2) is 5.19. The Balaban J connectivity index is 1.97. The normalized spacial score (nSPS) is 21.2. The molecule has 0 fully saturated rings. The number of halogens is 2. The van der Waals surface area contributed by atoms with Crippen molar-refractivity contribution >= 4 is 15.9 Å². The van der Waals surface area contributed by atoms with E-state index in [0.717, 1.165) is 16.9 Å². The minimum Gasteiger partial charge on any atom is -0.485 e. The maximum Gasteiger partial charge on any atom is 0.127 e. The van der Waals surface area contributed by atoms with Gasteiger partial charge in [-0.1, -0.05) is 39.7 Å². The smallest absolute Gasteiger partial charge is 0.127 e. The molecule has 0 radical (unpaired) electrons. The van der Waals surface area contributed by atoms with Crippen LogP contribution in [0.2, 0.25) is 0 Å². The quantitative estimate of drug-likeness (QED) is 0.837. The van der Waals surface area contributed by atoms with Crippen LogP contribution in [0.3, 0.4) is 0 Å². The first-order chi connectivity index (χ1) is 9.54. The van der Waals surface area contributed by atoms with Crippen LogP contribution in [0.4, 0.5) is 4.39 Å². The Morgan fingerprint density at radius 3 is 2.75 bits per heavy atom. The molecule has 0 saturated carbocycles. The SMILES string of the molecule is Cc1ccc2c(c1)[C@H](N)CC(c1ccc(F)cc1Br)O2. The van der Waals surface area contributed by atoms with Crippen LogP contribution in [0.1, 0.15) is 35.3 Å².